The fraction of sp³-hybridized carbons (Fsp3) is 0.423. The van der Waals surface area contributed by atoms with Gasteiger partial charge in [0.1, 0.15) is 5.65 Å². The van der Waals surface area contributed by atoms with E-state index in [1.54, 1.807) is 0 Å². The molecule has 0 amide bonds. The van der Waals surface area contributed by atoms with Crippen LogP contribution in [0.4, 0.5) is 0 Å². The smallest absolute Gasteiger partial charge is 0.139 e. The number of fused-ring (bicyclic) bond motifs is 5. The van der Waals surface area contributed by atoms with Gasteiger partial charge in [-0.3, -0.25) is 0 Å². The third kappa shape index (κ3) is 2.90. The molecular weight excluding hydrogens is 354 g/mol. The number of nitrogens with one attached hydrogen (secondary N) is 1. The Balaban J connectivity index is 1.35. The third-order valence-electron chi connectivity index (χ3n) is 7.83. The topological polar surface area (TPSA) is 33.6 Å². The van der Waals surface area contributed by atoms with E-state index in [0.717, 1.165) is 29.3 Å². The van der Waals surface area contributed by atoms with Crippen molar-refractivity contribution in [3.63, 3.8) is 0 Å². The van der Waals surface area contributed by atoms with Crippen molar-refractivity contribution in [2.45, 2.75) is 45.1 Å². The van der Waals surface area contributed by atoms with Crippen molar-refractivity contribution >= 4 is 21.9 Å². The molecule has 5 atom stereocenters. The Morgan fingerprint density at radius 2 is 1.93 bits per heavy atom. The minimum Gasteiger partial charge on any atom is -0.346 e. The molecule has 0 spiro atoms. The molecule has 2 aliphatic carbocycles. The zero-order valence-electron chi connectivity index (χ0n) is 17.1. The fourth-order valence-electron chi connectivity index (χ4n) is 6.47. The maximum absolute atomic E-state index is 4.59. The predicted molar refractivity (Wildman–Crippen MR) is 119 cm³/mol. The van der Waals surface area contributed by atoms with Gasteiger partial charge in [0.15, 0.2) is 0 Å². The summed E-state index contributed by atoms with van der Waals surface area (Å²) in [6.07, 6.45) is 13.1. The van der Waals surface area contributed by atoms with E-state index >= 15 is 0 Å². The molecule has 3 unspecified atom stereocenters. The van der Waals surface area contributed by atoms with Crippen LogP contribution in [0.2, 0.25) is 0 Å². The molecule has 3 heterocycles. The molecule has 4 aromatic rings. The molecule has 3 heteroatoms. The highest BCUT2D eigenvalue weighted by Gasteiger charge is 2.41. The van der Waals surface area contributed by atoms with Gasteiger partial charge in [-0.15, -0.1) is 0 Å². The molecule has 29 heavy (non-hydrogen) atoms. The first-order valence-electron chi connectivity index (χ1n) is 11.2. The van der Waals surface area contributed by atoms with Crippen molar-refractivity contribution in [2.75, 3.05) is 0 Å². The van der Waals surface area contributed by atoms with Gasteiger partial charge in [0.2, 0.25) is 0 Å². The number of hydrogen-bond donors (Lipinski definition) is 1. The molecule has 2 fully saturated rings. The summed E-state index contributed by atoms with van der Waals surface area (Å²) in [5.74, 6) is 3.29. The summed E-state index contributed by atoms with van der Waals surface area (Å²) < 4.78 is 2.60. The number of aromatic amines is 1. The summed E-state index contributed by atoms with van der Waals surface area (Å²) in [7, 11) is 0. The minimum atomic E-state index is 0.628. The largest absolute Gasteiger partial charge is 0.346 e. The minimum absolute atomic E-state index is 0.628. The number of aromatic nitrogens is 3. The van der Waals surface area contributed by atoms with Crippen LogP contribution in [0.1, 0.15) is 44.2 Å². The summed E-state index contributed by atoms with van der Waals surface area (Å²) in [5, 5.41) is 2.53. The molecular formula is C26H29N3. The molecule has 6 rings (SSSR count). The lowest BCUT2D eigenvalue weighted by molar-refractivity contribution is 0.233. The monoisotopic (exact) mass is 383 g/mol. The van der Waals surface area contributed by atoms with Gasteiger partial charge in [0, 0.05) is 35.4 Å². The lowest BCUT2D eigenvalue weighted by atomic mass is 9.78. The van der Waals surface area contributed by atoms with E-state index in [4.69, 9.17) is 0 Å². The van der Waals surface area contributed by atoms with Crippen LogP contribution < -0.4 is 0 Å². The van der Waals surface area contributed by atoms with Crippen LogP contribution in [-0.2, 0) is 6.42 Å². The first-order chi connectivity index (χ1) is 14.3. The van der Waals surface area contributed by atoms with Crippen LogP contribution in [0.25, 0.3) is 21.9 Å². The first-order valence-corrected chi connectivity index (χ1v) is 11.2. The van der Waals surface area contributed by atoms with Crippen LogP contribution in [0.5, 0.6) is 0 Å². The van der Waals surface area contributed by atoms with E-state index < -0.39 is 0 Å². The standard InChI is InChI=1S/C26H29N3/c1-17-11-19-13-22(15-21(17)12-18-5-3-2-4-6-18)24(14-19)29-10-8-20-16-28-26-23(25(20)29)7-9-27-26/h2-10,16-17,19,21-22,24H,11-15H2,1H3,(H,27,28)/t17?,19-,21?,22?,24-/m1/s1. The SMILES string of the molecule is CC1C[C@@H]2CC(CC1Cc1ccccc1)[C@H](n1ccc3cnc4[nH]ccc4c31)C2. The van der Waals surface area contributed by atoms with Crippen molar-refractivity contribution in [3.8, 4) is 0 Å². The second-order valence-corrected chi connectivity index (χ2v) is 9.59. The van der Waals surface area contributed by atoms with E-state index in [1.165, 1.54) is 54.0 Å². The van der Waals surface area contributed by atoms with E-state index in [9.17, 15) is 0 Å². The van der Waals surface area contributed by atoms with Crippen LogP contribution in [0.15, 0.2) is 61.1 Å². The summed E-state index contributed by atoms with van der Waals surface area (Å²) >= 11 is 0. The summed E-state index contributed by atoms with van der Waals surface area (Å²) in [5.41, 5.74) is 3.89. The van der Waals surface area contributed by atoms with Gasteiger partial charge < -0.3 is 9.55 Å². The van der Waals surface area contributed by atoms with Gasteiger partial charge in [0.05, 0.1) is 5.52 Å². The fourth-order valence-corrected chi connectivity index (χ4v) is 6.47. The third-order valence-corrected chi connectivity index (χ3v) is 7.83. The molecule has 3 aromatic heterocycles. The summed E-state index contributed by atoms with van der Waals surface area (Å²) in [6.45, 7) is 2.50. The molecule has 1 N–H and O–H groups in total. The molecule has 0 saturated heterocycles. The lowest BCUT2D eigenvalue weighted by Crippen LogP contribution is -2.23. The molecule has 3 nitrogen and oxygen atoms in total. The summed E-state index contributed by atoms with van der Waals surface area (Å²) in [4.78, 5) is 7.88. The second-order valence-electron chi connectivity index (χ2n) is 9.59. The molecule has 2 bridgehead atoms. The molecule has 2 saturated carbocycles. The zero-order chi connectivity index (χ0) is 19.4. The maximum Gasteiger partial charge on any atom is 0.139 e. The Kier molecular flexibility index (Phi) is 4.04. The van der Waals surface area contributed by atoms with Crippen LogP contribution in [0.3, 0.4) is 0 Å². The highest BCUT2D eigenvalue weighted by molar-refractivity contribution is 6.02. The van der Waals surface area contributed by atoms with Crippen LogP contribution in [-0.4, -0.2) is 14.5 Å². The van der Waals surface area contributed by atoms with Crippen LogP contribution >= 0.6 is 0 Å². The average molecular weight is 384 g/mol. The van der Waals surface area contributed by atoms with E-state index in [2.05, 4.69) is 70.1 Å². The molecule has 148 valence electrons. The van der Waals surface area contributed by atoms with Crippen molar-refractivity contribution in [3.05, 3.63) is 66.6 Å². The van der Waals surface area contributed by atoms with Crippen LogP contribution in [0, 0.1) is 23.7 Å². The van der Waals surface area contributed by atoms with Gasteiger partial charge in [-0.05, 0) is 73.5 Å². The van der Waals surface area contributed by atoms with Gasteiger partial charge >= 0.3 is 0 Å². The van der Waals surface area contributed by atoms with Gasteiger partial charge in [0.25, 0.3) is 0 Å². The number of rotatable bonds is 3. The average Bonchev–Trinajstić information content (AvgIpc) is 3.42. The Morgan fingerprint density at radius 3 is 2.83 bits per heavy atom. The normalized spacial score (nSPS) is 29.5. The van der Waals surface area contributed by atoms with Gasteiger partial charge in [-0.1, -0.05) is 37.3 Å². The lowest BCUT2D eigenvalue weighted by Gasteiger charge is -2.31. The summed E-state index contributed by atoms with van der Waals surface area (Å²) in [6, 6.07) is 16.2. The van der Waals surface area contributed by atoms with E-state index in [-0.39, 0.29) is 0 Å². The highest BCUT2D eigenvalue weighted by Crippen LogP contribution is 2.51. The number of benzene rings is 1. The maximum atomic E-state index is 4.59. The highest BCUT2D eigenvalue weighted by atomic mass is 15.0. The quantitative estimate of drug-likeness (QED) is 0.438. The van der Waals surface area contributed by atoms with Gasteiger partial charge in [-0.2, -0.15) is 0 Å². The Bertz CT molecular complexity index is 1140. The first kappa shape index (κ1) is 17.3. The van der Waals surface area contributed by atoms with E-state index in [0.29, 0.717) is 6.04 Å². The van der Waals surface area contributed by atoms with Crippen molar-refractivity contribution in [1.29, 1.82) is 0 Å². The Hall–Kier alpha value is -2.55. The van der Waals surface area contributed by atoms with Crippen molar-refractivity contribution in [1.82, 2.24) is 14.5 Å². The number of pyridine rings is 1. The van der Waals surface area contributed by atoms with E-state index in [1.807, 2.05) is 12.4 Å². The van der Waals surface area contributed by atoms with Crippen molar-refractivity contribution < 1.29 is 0 Å². The zero-order valence-corrected chi connectivity index (χ0v) is 17.1. The number of H-pyrrole nitrogens is 1. The Morgan fingerprint density at radius 1 is 1.03 bits per heavy atom. The molecule has 0 aliphatic heterocycles. The predicted octanol–water partition coefficient (Wildman–Crippen LogP) is 6.37. The van der Waals surface area contributed by atoms with Crippen molar-refractivity contribution in [2.24, 2.45) is 23.7 Å². The number of nitrogens with zero attached hydrogens (tertiary/aromatic N) is 2. The number of hydrogen-bond acceptors (Lipinski definition) is 1. The molecule has 1 aromatic carbocycles. The molecule has 2 aliphatic rings. The Labute approximate surface area is 172 Å². The molecule has 0 radical (unpaired) electrons. The second kappa shape index (κ2) is 6.76. The van der Waals surface area contributed by atoms with Gasteiger partial charge in [-0.25, -0.2) is 4.98 Å².